The summed E-state index contributed by atoms with van der Waals surface area (Å²) in [5.41, 5.74) is 0. The fraction of sp³-hybridized carbons (Fsp3) is 0.800. The quantitative estimate of drug-likeness (QED) is 0.727. The Morgan fingerprint density at radius 1 is 1.14 bits per heavy atom. The molecule has 0 N–H and O–H groups in total. The lowest BCUT2D eigenvalue weighted by molar-refractivity contribution is -0.149. The van der Waals surface area contributed by atoms with Crippen LogP contribution in [0, 0.1) is 11.8 Å². The Kier molecular flexibility index (Phi) is 5.20. The molecule has 6 heteroatoms. The average molecular weight is 297 g/mol. The van der Waals surface area contributed by atoms with Crippen molar-refractivity contribution >= 4 is 17.8 Å². The Hall–Kier alpha value is -1.59. The van der Waals surface area contributed by atoms with Crippen molar-refractivity contribution in [3.63, 3.8) is 0 Å². The van der Waals surface area contributed by atoms with Crippen molar-refractivity contribution in [1.29, 1.82) is 0 Å². The van der Waals surface area contributed by atoms with E-state index in [4.69, 9.17) is 9.47 Å². The van der Waals surface area contributed by atoms with Gasteiger partial charge in [0.2, 0.25) is 5.91 Å². The lowest BCUT2D eigenvalue weighted by Crippen LogP contribution is -2.40. The van der Waals surface area contributed by atoms with Gasteiger partial charge in [0.1, 0.15) is 0 Å². The normalized spacial score (nSPS) is 29.3. The Bertz CT molecular complexity index is 414. The van der Waals surface area contributed by atoms with Crippen LogP contribution in [0.1, 0.15) is 39.0 Å². The van der Waals surface area contributed by atoms with Gasteiger partial charge >= 0.3 is 11.9 Å². The molecule has 1 aliphatic carbocycles. The summed E-state index contributed by atoms with van der Waals surface area (Å²) in [6, 6.07) is 0.137. The Balaban J connectivity index is 1.86. The molecule has 1 heterocycles. The van der Waals surface area contributed by atoms with E-state index < -0.39 is 0 Å². The fourth-order valence-corrected chi connectivity index (χ4v) is 3.29. The van der Waals surface area contributed by atoms with E-state index in [0.29, 0.717) is 13.2 Å². The number of rotatable bonds is 4. The molecule has 1 unspecified atom stereocenters. The number of ether oxygens (including phenoxy) is 2. The molecular weight excluding hydrogens is 274 g/mol. The topological polar surface area (TPSA) is 72.9 Å². The van der Waals surface area contributed by atoms with E-state index in [2.05, 4.69) is 0 Å². The maximum Gasteiger partial charge on any atom is 0.310 e. The fourth-order valence-electron chi connectivity index (χ4n) is 3.29. The van der Waals surface area contributed by atoms with E-state index in [-0.39, 0.29) is 42.1 Å². The molecule has 2 fully saturated rings. The highest BCUT2D eigenvalue weighted by Crippen LogP contribution is 2.32. The molecule has 2 rings (SSSR count). The van der Waals surface area contributed by atoms with Gasteiger partial charge in [0, 0.05) is 19.0 Å². The third-order valence-corrected chi connectivity index (χ3v) is 4.45. The maximum absolute atomic E-state index is 12.0. The third-order valence-electron chi connectivity index (χ3n) is 4.45. The van der Waals surface area contributed by atoms with E-state index in [1.807, 2.05) is 0 Å². The molecule has 1 saturated heterocycles. The number of hydrogen-bond acceptors (Lipinski definition) is 5. The van der Waals surface area contributed by atoms with Crippen molar-refractivity contribution in [2.75, 3.05) is 20.3 Å². The molecule has 0 aromatic carbocycles. The summed E-state index contributed by atoms with van der Waals surface area (Å²) < 4.78 is 9.76. The number of methoxy groups -OCH3 is 1. The van der Waals surface area contributed by atoms with Crippen molar-refractivity contribution in [1.82, 2.24) is 4.90 Å². The molecule has 1 atom stereocenters. The molecule has 118 valence electrons. The Morgan fingerprint density at radius 3 is 2.38 bits per heavy atom. The highest BCUT2D eigenvalue weighted by Gasteiger charge is 2.40. The lowest BCUT2D eigenvalue weighted by atomic mass is 9.85. The van der Waals surface area contributed by atoms with Crippen LogP contribution in [0.3, 0.4) is 0 Å². The van der Waals surface area contributed by atoms with Crippen molar-refractivity contribution in [2.45, 2.75) is 45.1 Å². The molecule has 2 aliphatic rings. The molecule has 0 spiro atoms. The monoisotopic (exact) mass is 297 g/mol. The summed E-state index contributed by atoms with van der Waals surface area (Å²) in [7, 11) is 1.35. The van der Waals surface area contributed by atoms with Gasteiger partial charge in [-0.25, -0.2) is 0 Å². The first kappa shape index (κ1) is 15.8. The number of carbonyl (C=O) groups is 3. The number of hydrogen-bond donors (Lipinski definition) is 0. The SMILES string of the molecule is CCOC(=O)C1CCC(N2CC(C(=O)OC)CC2=O)CC1. The first-order chi connectivity index (χ1) is 10.1. The largest absolute Gasteiger partial charge is 0.469 e. The number of nitrogens with zero attached hydrogens (tertiary/aromatic N) is 1. The van der Waals surface area contributed by atoms with Crippen LogP contribution in [0.15, 0.2) is 0 Å². The molecule has 0 radical (unpaired) electrons. The minimum absolute atomic E-state index is 0.0185. The second-order valence-corrected chi connectivity index (χ2v) is 5.73. The van der Waals surface area contributed by atoms with E-state index in [1.54, 1.807) is 11.8 Å². The molecule has 6 nitrogen and oxygen atoms in total. The molecule has 0 bridgehead atoms. The average Bonchev–Trinajstić information content (AvgIpc) is 2.89. The van der Waals surface area contributed by atoms with Gasteiger partial charge in [0.05, 0.1) is 25.6 Å². The molecule has 0 aromatic heterocycles. The zero-order chi connectivity index (χ0) is 15.4. The predicted molar refractivity (Wildman–Crippen MR) is 74.2 cm³/mol. The second kappa shape index (κ2) is 6.91. The summed E-state index contributed by atoms with van der Waals surface area (Å²) >= 11 is 0. The second-order valence-electron chi connectivity index (χ2n) is 5.73. The minimum Gasteiger partial charge on any atom is -0.469 e. The van der Waals surface area contributed by atoms with Crippen LogP contribution >= 0.6 is 0 Å². The number of carbonyl (C=O) groups excluding carboxylic acids is 3. The summed E-state index contributed by atoms with van der Waals surface area (Å²) in [5.74, 6) is -0.812. The van der Waals surface area contributed by atoms with Crippen molar-refractivity contribution in [2.24, 2.45) is 11.8 Å². The maximum atomic E-state index is 12.0. The lowest BCUT2D eigenvalue weighted by Gasteiger charge is -2.33. The standard InChI is InChI=1S/C15H23NO5/c1-3-21-15(19)10-4-6-12(7-5-10)16-9-11(8-13(16)17)14(18)20-2/h10-12H,3-9H2,1-2H3. The molecule has 1 saturated carbocycles. The first-order valence-corrected chi connectivity index (χ1v) is 7.60. The summed E-state index contributed by atoms with van der Waals surface area (Å²) in [6.45, 7) is 2.66. The molecule has 1 aliphatic heterocycles. The van der Waals surface area contributed by atoms with E-state index in [9.17, 15) is 14.4 Å². The predicted octanol–water partition coefficient (Wildman–Crippen LogP) is 1.13. The minimum atomic E-state index is -0.342. The smallest absolute Gasteiger partial charge is 0.310 e. The van der Waals surface area contributed by atoms with Gasteiger partial charge in [-0.3, -0.25) is 14.4 Å². The van der Waals surface area contributed by atoms with Crippen LogP contribution in [-0.4, -0.2) is 49.0 Å². The van der Waals surface area contributed by atoms with Gasteiger partial charge in [-0.05, 0) is 32.6 Å². The Morgan fingerprint density at radius 2 is 1.81 bits per heavy atom. The van der Waals surface area contributed by atoms with Gasteiger partial charge in [0.15, 0.2) is 0 Å². The van der Waals surface area contributed by atoms with Gasteiger partial charge in [-0.15, -0.1) is 0 Å². The van der Waals surface area contributed by atoms with E-state index in [0.717, 1.165) is 25.7 Å². The summed E-state index contributed by atoms with van der Waals surface area (Å²) in [5, 5.41) is 0. The van der Waals surface area contributed by atoms with Gasteiger partial charge in [-0.2, -0.15) is 0 Å². The van der Waals surface area contributed by atoms with Crippen LogP contribution in [0.2, 0.25) is 0 Å². The van der Waals surface area contributed by atoms with E-state index >= 15 is 0 Å². The van der Waals surface area contributed by atoms with Crippen molar-refractivity contribution in [3.8, 4) is 0 Å². The third kappa shape index (κ3) is 3.54. The van der Waals surface area contributed by atoms with Crippen molar-refractivity contribution in [3.05, 3.63) is 0 Å². The number of amides is 1. The zero-order valence-electron chi connectivity index (χ0n) is 12.7. The van der Waals surface area contributed by atoms with E-state index in [1.165, 1.54) is 7.11 Å². The Labute approximate surface area is 124 Å². The van der Waals surface area contributed by atoms with Crippen LogP contribution in [0.4, 0.5) is 0 Å². The molecule has 21 heavy (non-hydrogen) atoms. The van der Waals surface area contributed by atoms with Crippen LogP contribution in [0.25, 0.3) is 0 Å². The molecule has 0 aromatic rings. The van der Waals surface area contributed by atoms with Crippen LogP contribution in [0.5, 0.6) is 0 Å². The first-order valence-electron chi connectivity index (χ1n) is 7.60. The van der Waals surface area contributed by atoms with Crippen LogP contribution < -0.4 is 0 Å². The highest BCUT2D eigenvalue weighted by atomic mass is 16.5. The van der Waals surface area contributed by atoms with Gasteiger partial charge in [-0.1, -0.05) is 0 Å². The van der Waals surface area contributed by atoms with Crippen LogP contribution in [-0.2, 0) is 23.9 Å². The summed E-state index contributed by atoms with van der Waals surface area (Å²) in [4.78, 5) is 37.1. The number of esters is 2. The number of likely N-dealkylation sites (tertiary alicyclic amines) is 1. The molecule has 1 amide bonds. The highest BCUT2D eigenvalue weighted by molar-refractivity contribution is 5.87. The summed E-state index contributed by atoms with van der Waals surface area (Å²) in [6.07, 6.45) is 3.32. The molecular formula is C15H23NO5. The van der Waals surface area contributed by atoms with Gasteiger partial charge < -0.3 is 14.4 Å². The van der Waals surface area contributed by atoms with Crippen molar-refractivity contribution < 1.29 is 23.9 Å². The van der Waals surface area contributed by atoms with Gasteiger partial charge in [0.25, 0.3) is 0 Å². The zero-order valence-corrected chi connectivity index (χ0v) is 12.7.